The molecule has 1 aromatic carbocycles. The summed E-state index contributed by atoms with van der Waals surface area (Å²) in [4.78, 5) is 22.2. The highest BCUT2D eigenvalue weighted by Crippen LogP contribution is 2.19. The van der Waals surface area contributed by atoms with Gasteiger partial charge in [-0.05, 0) is 19.1 Å². The number of nitro benzene ring substituents is 1. The third-order valence-corrected chi connectivity index (χ3v) is 2.63. The van der Waals surface area contributed by atoms with Gasteiger partial charge in [-0.1, -0.05) is 12.1 Å². The Morgan fingerprint density at radius 1 is 1.45 bits per heavy atom. The zero-order chi connectivity index (χ0) is 14.5. The van der Waals surface area contributed by atoms with Crippen LogP contribution >= 0.6 is 0 Å². The first-order valence-electron chi connectivity index (χ1n) is 5.99. The minimum absolute atomic E-state index is 0.0511. The molecule has 0 aliphatic carbocycles. The summed E-state index contributed by atoms with van der Waals surface area (Å²) in [5.41, 5.74) is -0.311. The number of esters is 1. The van der Waals surface area contributed by atoms with Gasteiger partial charge >= 0.3 is 5.97 Å². The van der Waals surface area contributed by atoms with Crippen LogP contribution in [0.1, 0.15) is 17.3 Å². The molecule has 0 N–H and O–H groups in total. The highest BCUT2D eigenvalue weighted by Gasteiger charge is 2.22. The maximum atomic E-state index is 12.0. The average Bonchev–Trinajstić information content (AvgIpc) is 2.91. The molecular weight excluding hydrogens is 262 g/mol. The van der Waals surface area contributed by atoms with E-state index in [2.05, 4.69) is 5.10 Å². The molecule has 7 heteroatoms. The summed E-state index contributed by atoms with van der Waals surface area (Å²) < 4.78 is 6.82. The van der Waals surface area contributed by atoms with E-state index in [-0.39, 0.29) is 11.3 Å². The summed E-state index contributed by atoms with van der Waals surface area (Å²) in [7, 11) is 0. The van der Waals surface area contributed by atoms with Crippen molar-refractivity contribution in [1.29, 1.82) is 0 Å². The second-order valence-electron chi connectivity index (χ2n) is 4.22. The highest BCUT2D eigenvalue weighted by atomic mass is 16.6. The lowest BCUT2D eigenvalue weighted by Gasteiger charge is -2.13. The Bertz CT molecular complexity index is 610. The molecule has 0 saturated heterocycles. The molecule has 0 spiro atoms. The van der Waals surface area contributed by atoms with Gasteiger partial charge in [0.15, 0.2) is 0 Å². The molecule has 2 aromatic rings. The standard InChI is InChI=1S/C13H13N3O4/c1-10(9-15-8-4-7-14-15)20-13(17)11-5-2-3-6-12(11)16(18)19/h2-8,10H,9H2,1H3/t10-/m1/s1. The van der Waals surface area contributed by atoms with Crippen molar-refractivity contribution >= 4 is 11.7 Å². The number of hydrogen-bond acceptors (Lipinski definition) is 5. The van der Waals surface area contributed by atoms with Gasteiger partial charge < -0.3 is 4.74 Å². The number of aromatic nitrogens is 2. The SMILES string of the molecule is C[C@H](Cn1cccn1)OC(=O)c1ccccc1[N+](=O)[O-]. The fraction of sp³-hybridized carbons (Fsp3) is 0.231. The number of hydrogen-bond donors (Lipinski definition) is 0. The Labute approximate surface area is 114 Å². The number of carbonyl (C=O) groups is 1. The third-order valence-electron chi connectivity index (χ3n) is 2.63. The van der Waals surface area contributed by atoms with Crippen LogP contribution in [0.3, 0.4) is 0 Å². The van der Waals surface area contributed by atoms with E-state index in [1.807, 2.05) is 0 Å². The molecule has 1 atom stereocenters. The van der Waals surface area contributed by atoms with Gasteiger partial charge in [-0.2, -0.15) is 5.10 Å². The first kappa shape index (κ1) is 13.7. The van der Waals surface area contributed by atoms with E-state index < -0.39 is 17.0 Å². The predicted molar refractivity (Wildman–Crippen MR) is 70.2 cm³/mol. The Kier molecular flexibility index (Phi) is 4.09. The third kappa shape index (κ3) is 3.19. The summed E-state index contributed by atoms with van der Waals surface area (Å²) in [6, 6.07) is 7.47. The van der Waals surface area contributed by atoms with Crippen LogP contribution in [0.25, 0.3) is 0 Å². The zero-order valence-electron chi connectivity index (χ0n) is 10.8. The van der Waals surface area contributed by atoms with Gasteiger partial charge in [0.2, 0.25) is 0 Å². The van der Waals surface area contributed by atoms with Crippen molar-refractivity contribution in [2.24, 2.45) is 0 Å². The molecule has 0 aliphatic heterocycles. The van der Waals surface area contributed by atoms with Crippen molar-refractivity contribution in [3.05, 3.63) is 58.4 Å². The van der Waals surface area contributed by atoms with Crippen LogP contribution in [-0.4, -0.2) is 26.8 Å². The number of rotatable bonds is 5. The summed E-state index contributed by atoms with van der Waals surface area (Å²) in [5, 5.41) is 14.9. The summed E-state index contributed by atoms with van der Waals surface area (Å²) in [5.74, 6) is -0.711. The molecule has 0 bridgehead atoms. The Morgan fingerprint density at radius 2 is 2.20 bits per heavy atom. The lowest BCUT2D eigenvalue weighted by molar-refractivity contribution is -0.385. The summed E-state index contributed by atoms with van der Waals surface area (Å²) in [6.07, 6.45) is 2.92. The van der Waals surface area contributed by atoms with E-state index in [0.29, 0.717) is 6.54 Å². The lowest BCUT2D eigenvalue weighted by atomic mass is 10.2. The van der Waals surface area contributed by atoms with Crippen LogP contribution in [0.2, 0.25) is 0 Å². The van der Waals surface area contributed by atoms with Crippen molar-refractivity contribution in [2.75, 3.05) is 0 Å². The smallest absolute Gasteiger partial charge is 0.345 e. The van der Waals surface area contributed by atoms with E-state index in [4.69, 9.17) is 4.74 Å². The molecular formula is C13H13N3O4. The van der Waals surface area contributed by atoms with Crippen LogP contribution in [0.4, 0.5) is 5.69 Å². The van der Waals surface area contributed by atoms with E-state index in [1.165, 1.54) is 18.2 Å². The molecule has 0 amide bonds. The second-order valence-corrected chi connectivity index (χ2v) is 4.22. The van der Waals surface area contributed by atoms with E-state index in [9.17, 15) is 14.9 Å². The van der Waals surface area contributed by atoms with Crippen molar-refractivity contribution in [3.8, 4) is 0 Å². The van der Waals surface area contributed by atoms with Crippen LogP contribution in [-0.2, 0) is 11.3 Å². The van der Waals surface area contributed by atoms with Gasteiger partial charge in [-0.25, -0.2) is 4.79 Å². The fourth-order valence-corrected chi connectivity index (χ4v) is 1.76. The van der Waals surface area contributed by atoms with Gasteiger partial charge in [0.1, 0.15) is 11.7 Å². The molecule has 0 fully saturated rings. The van der Waals surface area contributed by atoms with Crippen LogP contribution in [0.5, 0.6) is 0 Å². The molecule has 7 nitrogen and oxygen atoms in total. The summed E-state index contributed by atoms with van der Waals surface area (Å²) in [6.45, 7) is 2.09. The van der Waals surface area contributed by atoms with E-state index >= 15 is 0 Å². The van der Waals surface area contributed by atoms with Gasteiger partial charge in [-0.15, -0.1) is 0 Å². The molecule has 20 heavy (non-hydrogen) atoms. The number of ether oxygens (including phenoxy) is 1. The Hall–Kier alpha value is -2.70. The number of carbonyl (C=O) groups excluding carboxylic acids is 1. The first-order chi connectivity index (χ1) is 9.58. The molecule has 104 valence electrons. The van der Waals surface area contributed by atoms with Crippen LogP contribution in [0.15, 0.2) is 42.7 Å². The first-order valence-corrected chi connectivity index (χ1v) is 5.99. The average molecular weight is 275 g/mol. The molecule has 2 rings (SSSR count). The molecule has 0 radical (unpaired) electrons. The number of nitro groups is 1. The van der Waals surface area contributed by atoms with Gasteiger partial charge in [-0.3, -0.25) is 14.8 Å². The molecule has 0 unspecified atom stereocenters. The topological polar surface area (TPSA) is 87.3 Å². The van der Waals surface area contributed by atoms with E-state index in [0.717, 1.165) is 0 Å². The van der Waals surface area contributed by atoms with Crippen molar-refractivity contribution < 1.29 is 14.5 Å². The lowest BCUT2D eigenvalue weighted by Crippen LogP contribution is -2.21. The predicted octanol–water partition coefficient (Wildman–Crippen LogP) is 2.04. The molecule has 1 aromatic heterocycles. The van der Waals surface area contributed by atoms with Crippen LogP contribution in [0, 0.1) is 10.1 Å². The monoisotopic (exact) mass is 275 g/mol. The van der Waals surface area contributed by atoms with Gasteiger partial charge in [0.05, 0.1) is 11.5 Å². The second kappa shape index (κ2) is 5.96. The molecule has 0 aliphatic rings. The van der Waals surface area contributed by atoms with Gasteiger partial charge in [0.25, 0.3) is 5.69 Å². The fourth-order valence-electron chi connectivity index (χ4n) is 1.76. The number of para-hydroxylation sites is 1. The quantitative estimate of drug-likeness (QED) is 0.473. The maximum absolute atomic E-state index is 12.0. The minimum atomic E-state index is -0.711. The van der Waals surface area contributed by atoms with Crippen molar-refractivity contribution in [1.82, 2.24) is 9.78 Å². The zero-order valence-corrected chi connectivity index (χ0v) is 10.8. The minimum Gasteiger partial charge on any atom is -0.457 e. The van der Waals surface area contributed by atoms with E-state index in [1.54, 1.807) is 36.1 Å². The van der Waals surface area contributed by atoms with Crippen molar-refractivity contribution in [2.45, 2.75) is 19.6 Å². The normalized spacial score (nSPS) is 11.8. The Balaban J connectivity index is 2.06. The van der Waals surface area contributed by atoms with Crippen molar-refractivity contribution in [3.63, 3.8) is 0 Å². The summed E-state index contributed by atoms with van der Waals surface area (Å²) >= 11 is 0. The molecule has 1 heterocycles. The maximum Gasteiger partial charge on any atom is 0.345 e. The highest BCUT2D eigenvalue weighted by molar-refractivity contribution is 5.93. The molecule has 0 saturated carbocycles. The Morgan fingerprint density at radius 3 is 2.85 bits per heavy atom. The number of nitrogens with zero attached hydrogens (tertiary/aromatic N) is 3. The largest absolute Gasteiger partial charge is 0.457 e. The van der Waals surface area contributed by atoms with Gasteiger partial charge in [0, 0.05) is 18.5 Å². The number of benzene rings is 1. The van der Waals surface area contributed by atoms with Crippen LogP contribution < -0.4 is 0 Å².